The number of benzene rings is 2. The molecule has 34 heavy (non-hydrogen) atoms. The van der Waals surface area contributed by atoms with E-state index in [2.05, 4.69) is 5.32 Å². The molecule has 2 aromatic carbocycles. The highest BCUT2D eigenvalue weighted by Crippen LogP contribution is 2.31. The van der Waals surface area contributed by atoms with Crippen molar-refractivity contribution in [2.75, 3.05) is 5.32 Å². The molecule has 0 unspecified atom stereocenters. The third kappa shape index (κ3) is 4.50. The number of carbonyl (C=O) groups excluding carboxylic acids is 3. The van der Waals surface area contributed by atoms with E-state index < -0.39 is 23.9 Å². The van der Waals surface area contributed by atoms with Crippen molar-refractivity contribution in [1.82, 2.24) is 9.47 Å². The van der Waals surface area contributed by atoms with Gasteiger partial charge in [-0.1, -0.05) is 48.9 Å². The van der Waals surface area contributed by atoms with Crippen molar-refractivity contribution in [2.45, 2.75) is 51.1 Å². The predicted molar refractivity (Wildman–Crippen MR) is 130 cm³/mol. The number of hydrogen-bond donors (Lipinski definition) is 2. The Kier molecular flexibility index (Phi) is 6.88. The lowest BCUT2D eigenvalue weighted by Crippen LogP contribution is -2.47. The summed E-state index contributed by atoms with van der Waals surface area (Å²) in [6, 6.07) is 10.1. The number of primary amides is 1. The Bertz CT molecular complexity index is 1260. The molecule has 0 radical (unpaired) electrons. The number of para-hydroxylation sites is 1. The van der Waals surface area contributed by atoms with Gasteiger partial charge in [0.1, 0.15) is 5.82 Å². The molecular formula is C25H26ClFN4O3. The Morgan fingerprint density at radius 2 is 1.91 bits per heavy atom. The van der Waals surface area contributed by atoms with Crippen LogP contribution in [0.5, 0.6) is 0 Å². The number of Topliss-reactive ketones (excluding diaryl/α,β-unsaturated/α-hetero) is 1. The van der Waals surface area contributed by atoms with Gasteiger partial charge in [0.25, 0.3) is 0 Å². The van der Waals surface area contributed by atoms with Gasteiger partial charge in [-0.2, -0.15) is 0 Å². The van der Waals surface area contributed by atoms with Crippen LogP contribution in [0.15, 0.2) is 48.7 Å². The maximum atomic E-state index is 14.2. The molecule has 1 aliphatic heterocycles. The van der Waals surface area contributed by atoms with E-state index in [1.807, 2.05) is 6.92 Å². The van der Waals surface area contributed by atoms with Crippen molar-refractivity contribution in [1.29, 1.82) is 0 Å². The van der Waals surface area contributed by atoms with E-state index in [9.17, 15) is 18.8 Å². The zero-order valence-electron chi connectivity index (χ0n) is 18.8. The van der Waals surface area contributed by atoms with Crippen LogP contribution in [0, 0.1) is 5.82 Å². The van der Waals surface area contributed by atoms with Gasteiger partial charge >= 0.3 is 12.1 Å². The van der Waals surface area contributed by atoms with E-state index >= 15 is 0 Å². The molecule has 3 aromatic rings. The zero-order chi connectivity index (χ0) is 24.4. The average molecular weight is 485 g/mol. The molecule has 0 aliphatic carbocycles. The molecule has 3 N–H and O–H groups in total. The van der Waals surface area contributed by atoms with E-state index in [0.29, 0.717) is 41.4 Å². The SMILES string of the molecule is CC[C@@H]1CC[C@@H](C(=O)CCc2cccc(Cl)c2F)N1C(=O)Nc1cn(C(N)=O)c2ccccc12. The van der Waals surface area contributed by atoms with Crippen molar-refractivity contribution in [2.24, 2.45) is 5.73 Å². The molecule has 0 bridgehead atoms. The third-order valence-electron chi connectivity index (χ3n) is 6.44. The van der Waals surface area contributed by atoms with Gasteiger partial charge < -0.3 is 16.0 Å². The number of ketones is 1. The van der Waals surface area contributed by atoms with E-state index in [4.69, 9.17) is 17.3 Å². The number of aryl methyl sites for hydroxylation is 1. The fourth-order valence-electron chi connectivity index (χ4n) is 4.71. The van der Waals surface area contributed by atoms with Crippen LogP contribution in [0.4, 0.5) is 19.7 Å². The number of urea groups is 1. The highest BCUT2D eigenvalue weighted by Gasteiger charge is 2.39. The van der Waals surface area contributed by atoms with Gasteiger partial charge in [0, 0.05) is 24.0 Å². The fourth-order valence-corrected chi connectivity index (χ4v) is 4.91. The van der Waals surface area contributed by atoms with Crippen LogP contribution in [0.25, 0.3) is 10.9 Å². The summed E-state index contributed by atoms with van der Waals surface area (Å²) >= 11 is 5.85. The number of fused-ring (bicyclic) bond motifs is 1. The van der Waals surface area contributed by atoms with Gasteiger partial charge in [-0.3, -0.25) is 9.36 Å². The number of amides is 3. The quantitative estimate of drug-likeness (QED) is 0.494. The van der Waals surface area contributed by atoms with Crippen LogP contribution >= 0.6 is 11.6 Å². The minimum absolute atomic E-state index is 0.0213. The molecule has 1 fully saturated rings. The minimum Gasteiger partial charge on any atom is -0.351 e. The largest absolute Gasteiger partial charge is 0.351 e. The first-order valence-corrected chi connectivity index (χ1v) is 11.6. The van der Waals surface area contributed by atoms with Gasteiger partial charge in [-0.25, -0.2) is 14.0 Å². The standard InChI is InChI=1S/C25H26ClFN4O3/c1-2-16-11-12-21(22(32)13-10-15-6-5-8-18(26)23(15)27)31(16)25(34)29-19-14-30(24(28)33)20-9-4-3-7-17(19)20/h3-9,14,16,21H,2,10-13H2,1H3,(H2,28,33)(H,29,34)/t16-,21+/m1/s1. The Morgan fingerprint density at radius 3 is 2.65 bits per heavy atom. The van der Waals surface area contributed by atoms with E-state index in [1.54, 1.807) is 41.3 Å². The molecule has 9 heteroatoms. The van der Waals surface area contributed by atoms with Crippen LogP contribution in [0.2, 0.25) is 5.02 Å². The topological polar surface area (TPSA) is 97.4 Å². The smallest absolute Gasteiger partial charge is 0.323 e. The molecule has 178 valence electrons. The van der Waals surface area contributed by atoms with Crippen molar-refractivity contribution in [3.8, 4) is 0 Å². The van der Waals surface area contributed by atoms with Gasteiger partial charge in [0.15, 0.2) is 5.78 Å². The van der Waals surface area contributed by atoms with Crippen molar-refractivity contribution in [3.05, 3.63) is 65.1 Å². The van der Waals surface area contributed by atoms with E-state index in [0.717, 1.165) is 0 Å². The molecule has 1 aliphatic rings. The number of nitrogens with two attached hydrogens (primary N) is 1. The molecule has 7 nitrogen and oxygen atoms in total. The zero-order valence-corrected chi connectivity index (χ0v) is 19.5. The van der Waals surface area contributed by atoms with Crippen molar-refractivity contribution >= 4 is 46.0 Å². The van der Waals surface area contributed by atoms with Crippen molar-refractivity contribution < 1.29 is 18.8 Å². The summed E-state index contributed by atoms with van der Waals surface area (Å²) in [6.07, 6.45) is 3.74. The fraction of sp³-hybridized carbons (Fsp3) is 0.320. The number of rotatable bonds is 6. The number of halogens is 2. The number of anilines is 1. The lowest BCUT2D eigenvalue weighted by molar-refractivity contribution is -0.122. The number of carbonyl (C=O) groups is 3. The first-order chi connectivity index (χ1) is 16.3. The Balaban J connectivity index is 1.53. The summed E-state index contributed by atoms with van der Waals surface area (Å²) in [5.74, 6) is -0.639. The summed E-state index contributed by atoms with van der Waals surface area (Å²) in [5.41, 5.74) is 6.87. The number of hydrogen-bond acceptors (Lipinski definition) is 3. The summed E-state index contributed by atoms with van der Waals surface area (Å²) in [4.78, 5) is 39.9. The van der Waals surface area contributed by atoms with Crippen LogP contribution in [-0.4, -0.2) is 39.4 Å². The predicted octanol–water partition coefficient (Wildman–Crippen LogP) is 5.34. The molecule has 3 amide bonds. The number of likely N-dealkylation sites (tertiary alicyclic amines) is 1. The lowest BCUT2D eigenvalue weighted by atomic mass is 10.0. The van der Waals surface area contributed by atoms with Gasteiger partial charge in [0.2, 0.25) is 0 Å². The van der Waals surface area contributed by atoms with Crippen LogP contribution in [0.3, 0.4) is 0 Å². The second kappa shape index (κ2) is 9.85. The molecule has 2 heterocycles. The molecule has 2 atom stereocenters. The van der Waals surface area contributed by atoms with Crippen molar-refractivity contribution in [3.63, 3.8) is 0 Å². The number of nitrogens with zero attached hydrogens (tertiary/aromatic N) is 2. The summed E-state index contributed by atoms with van der Waals surface area (Å²) < 4.78 is 15.5. The maximum absolute atomic E-state index is 14.2. The van der Waals surface area contributed by atoms with Gasteiger partial charge in [0.05, 0.1) is 22.3 Å². The molecular weight excluding hydrogens is 459 g/mol. The first kappa shape index (κ1) is 23.8. The molecule has 1 saturated heterocycles. The Morgan fingerprint density at radius 1 is 1.15 bits per heavy atom. The van der Waals surface area contributed by atoms with Crippen LogP contribution in [-0.2, 0) is 11.2 Å². The normalized spacial score (nSPS) is 17.8. The summed E-state index contributed by atoms with van der Waals surface area (Å²) in [7, 11) is 0. The Labute approximate surface area is 201 Å². The molecule has 0 saturated carbocycles. The second-order valence-corrected chi connectivity index (χ2v) is 8.85. The number of aromatic nitrogens is 1. The number of nitrogens with one attached hydrogen (secondary N) is 1. The van der Waals surface area contributed by atoms with Gasteiger partial charge in [-0.15, -0.1) is 0 Å². The average Bonchev–Trinajstić information content (AvgIpc) is 3.42. The molecule has 0 spiro atoms. The first-order valence-electron chi connectivity index (χ1n) is 11.3. The second-order valence-electron chi connectivity index (χ2n) is 8.44. The summed E-state index contributed by atoms with van der Waals surface area (Å²) in [5, 5.41) is 3.56. The summed E-state index contributed by atoms with van der Waals surface area (Å²) in [6.45, 7) is 1.97. The Hall–Kier alpha value is -3.39. The van der Waals surface area contributed by atoms with E-state index in [-0.39, 0.29) is 29.7 Å². The molecule has 1 aromatic heterocycles. The third-order valence-corrected chi connectivity index (χ3v) is 6.74. The highest BCUT2D eigenvalue weighted by molar-refractivity contribution is 6.30. The van der Waals surface area contributed by atoms with E-state index in [1.165, 1.54) is 16.8 Å². The van der Waals surface area contributed by atoms with Gasteiger partial charge in [-0.05, 0) is 43.4 Å². The lowest BCUT2D eigenvalue weighted by Gasteiger charge is -2.29. The monoisotopic (exact) mass is 484 g/mol. The highest BCUT2D eigenvalue weighted by atomic mass is 35.5. The van der Waals surface area contributed by atoms with Crippen LogP contribution in [0.1, 0.15) is 38.2 Å². The molecule has 4 rings (SSSR count). The minimum atomic E-state index is -0.661. The van der Waals surface area contributed by atoms with Crippen LogP contribution < -0.4 is 11.1 Å². The maximum Gasteiger partial charge on any atom is 0.323 e.